The third kappa shape index (κ3) is 12.8. The molecule has 1 aromatic heterocycles. The van der Waals surface area contributed by atoms with Gasteiger partial charge in [-0.1, -0.05) is 101 Å². The molecule has 0 aliphatic carbocycles. The summed E-state index contributed by atoms with van der Waals surface area (Å²) in [6, 6.07) is 15.4. The van der Waals surface area contributed by atoms with Gasteiger partial charge < -0.3 is 27.0 Å². The smallest absolute Gasteiger partial charge is 0.255 e. The SMILES string of the molecule is CCCCCCCCCCCCCCOc1ccc(NC(=O)c2cccc(C[n+]3ccsc3)c2)cc1.[Br-]. The van der Waals surface area contributed by atoms with E-state index in [1.165, 1.54) is 70.6 Å². The van der Waals surface area contributed by atoms with E-state index in [1.807, 2.05) is 60.1 Å². The maximum atomic E-state index is 12.7. The van der Waals surface area contributed by atoms with Gasteiger partial charge in [0.25, 0.3) is 5.91 Å². The fourth-order valence-corrected chi connectivity index (χ4v) is 4.94. The quantitative estimate of drug-likeness (QED) is 0.160. The number of thiazole rings is 1. The molecule has 3 aromatic rings. The van der Waals surface area contributed by atoms with Crippen LogP contribution in [0.15, 0.2) is 65.6 Å². The van der Waals surface area contributed by atoms with Crippen LogP contribution in [0, 0.1) is 0 Å². The molecule has 0 bridgehead atoms. The highest BCUT2D eigenvalue weighted by Crippen LogP contribution is 2.18. The predicted molar refractivity (Wildman–Crippen MR) is 151 cm³/mol. The van der Waals surface area contributed by atoms with Gasteiger partial charge in [-0.3, -0.25) is 4.79 Å². The minimum Gasteiger partial charge on any atom is -1.00 e. The highest BCUT2D eigenvalue weighted by molar-refractivity contribution is 7.07. The van der Waals surface area contributed by atoms with Gasteiger partial charge >= 0.3 is 0 Å². The molecular weight excluding hydrogens is 544 g/mol. The van der Waals surface area contributed by atoms with Crippen molar-refractivity contribution in [2.45, 2.75) is 90.5 Å². The normalized spacial score (nSPS) is 10.6. The zero-order chi connectivity index (χ0) is 25.3. The summed E-state index contributed by atoms with van der Waals surface area (Å²) in [5.41, 5.74) is 4.60. The van der Waals surface area contributed by atoms with Gasteiger partial charge in [-0.2, -0.15) is 4.57 Å². The summed E-state index contributed by atoms with van der Waals surface area (Å²) in [6.45, 7) is 3.78. The maximum Gasteiger partial charge on any atom is 0.255 e. The summed E-state index contributed by atoms with van der Waals surface area (Å²) in [6.07, 6.45) is 18.2. The van der Waals surface area contributed by atoms with Crippen LogP contribution in [0.4, 0.5) is 5.69 Å². The van der Waals surface area contributed by atoms with Crippen LogP contribution in [0.5, 0.6) is 5.75 Å². The van der Waals surface area contributed by atoms with Crippen molar-refractivity contribution in [2.24, 2.45) is 0 Å². The number of nitrogens with zero attached hydrogens (tertiary/aromatic N) is 1. The zero-order valence-electron chi connectivity index (χ0n) is 22.3. The topological polar surface area (TPSA) is 42.2 Å². The van der Waals surface area contributed by atoms with Gasteiger partial charge in [-0.15, -0.1) is 0 Å². The number of unbranched alkanes of at least 4 members (excludes halogenated alkanes) is 11. The Labute approximate surface area is 238 Å². The van der Waals surface area contributed by atoms with E-state index in [0.29, 0.717) is 5.56 Å². The Kier molecular flexibility index (Phi) is 15.9. The molecular formula is C31H43BrN2O2S. The van der Waals surface area contributed by atoms with E-state index in [4.69, 9.17) is 4.74 Å². The molecule has 0 unspecified atom stereocenters. The largest absolute Gasteiger partial charge is 1.00 e. The molecule has 0 aliphatic heterocycles. The predicted octanol–water partition coefficient (Wildman–Crippen LogP) is 5.42. The van der Waals surface area contributed by atoms with Crippen LogP contribution in [0.1, 0.15) is 99.9 Å². The molecule has 0 saturated carbocycles. The minimum atomic E-state index is -0.0997. The average molecular weight is 588 g/mol. The summed E-state index contributed by atoms with van der Waals surface area (Å²) in [7, 11) is 0. The molecule has 0 radical (unpaired) electrons. The lowest BCUT2D eigenvalue weighted by atomic mass is 10.1. The second-order valence-corrected chi connectivity index (χ2v) is 10.4. The van der Waals surface area contributed by atoms with Crippen LogP contribution in [-0.4, -0.2) is 12.5 Å². The van der Waals surface area contributed by atoms with Gasteiger partial charge in [0, 0.05) is 16.8 Å². The maximum absolute atomic E-state index is 12.7. The molecule has 0 fully saturated rings. The molecule has 0 spiro atoms. The first kappa shape index (κ1) is 31.0. The lowest BCUT2D eigenvalue weighted by Crippen LogP contribution is -3.00. The lowest BCUT2D eigenvalue weighted by molar-refractivity contribution is -0.683. The van der Waals surface area contributed by atoms with Crippen LogP contribution in [-0.2, 0) is 6.54 Å². The van der Waals surface area contributed by atoms with Crippen molar-refractivity contribution in [2.75, 3.05) is 11.9 Å². The number of carbonyl (C=O) groups is 1. The molecule has 37 heavy (non-hydrogen) atoms. The molecule has 0 saturated heterocycles. The van der Waals surface area contributed by atoms with E-state index >= 15 is 0 Å². The van der Waals surface area contributed by atoms with Gasteiger partial charge in [-0.25, -0.2) is 0 Å². The molecule has 1 heterocycles. The minimum absolute atomic E-state index is 0. The number of carbonyl (C=O) groups excluding carboxylic acids is 1. The molecule has 2 aromatic carbocycles. The molecule has 4 nitrogen and oxygen atoms in total. The Morgan fingerprint density at radius 3 is 2.14 bits per heavy atom. The van der Waals surface area contributed by atoms with Crippen molar-refractivity contribution in [1.82, 2.24) is 0 Å². The first-order valence-electron chi connectivity index (χ1n) is 13.8. The van der Waals surface area contributed by atoms with Gasteiger partial charge in [0.2, 0.25) is 5.51 Å². The van der Waals surface area contributed by atoms with Crippen LogP contribution < -0.4 is 31.6 Å². The van der Waals surface area contributed by atoms with E-state index in [1.54, 1.807) is 11.3 Å². The number of hydrogen-bond donors (Lipinski definition) is 1. The summed E-state index contributed by atoms with van der Waals surface area (Å²) < 4.78 is 8.00. The average Bonchev–Trinajstić information content (AvgIpc) is 3.41. The second kappa shape index (κ2) is 19.0. The number of nitrogens with one attached hydrogen (secondary N) is 1. The second-order valence-electron chi connectivity index (χ2n) is 9.62. The molecule has 202 valence electrons. The van der Waals surface area contributed by atoms with Crippen molar-refractivity contribution in [3.63, 3.8) is 0 Å². The van der Waals surface area contributed by atoms with Crippen molar-refractivity contribution in [1.29, 1.82) is 0 Å². The number of ether oxygens (including phenoxy) is 1. The highest BCUT2D eigenvalue weighted by atomic mass is 79.9. The van der Waals surface area contributed by atoms with E-state index in [0.717, 1.165) is 36.6 Å². The molecule has 1 amide bonds. The first-order valence-corrected chi connectivity index (χ1v) is 14.7. The summed E-state index contributed by atoms with van der Waals surface area (Å²) >= 11 is 1.66. The highest BCUT2D eigenvalue weighted by Gasteiger charge is 2.09. The van der Waals surface area contributed by atoms with Gasteiger partial charge in [0.05, 0.1) is 12.0 Å². The first-order chi connectivity index (χ1) is 17.7. The Morgan fingerprint density at radius 1 is 0.865 bits per heavy atom. The summed E-state index contributed by atoms with van der Waals surface area (Å²) in [5, 5.41) is 5.03. The van der Waals surface area contributed by atoms with Crippen LogP contribution in [0.25, 0.3) is 0 Å². The Hall–Kier alpha value is -2.18. The fourth-order valence-electron chi connectivity index (χ4n) is 4.34. The van der Waals surface area contributed by atoms with Gasteiger partial charge in [-0.05, 0) is 42.8 Å². The van der Waals surface area contributed by atoms with Crippen LogP contribution in [0.2, 0.25) is 0 Å². The van der Waals surface area contributed by atoms with E-state index in [9.17, 15) is 4.79 Å². The molecule has 3 rings (SSSR count). The number of halogens is 1. The molecule has 1 N–H and O–H groups in total. The Bertz CT molecular complexity index is 993. The molecule has 0 atom stereocenters. The van der Waals surface area contributed by atoms with Crippen molar-refractivity contribution >= 4 is 22.9 Å². The zero-order valence-corrected chi connectivity index (χ0v) is 24.7. The number of anilines is 1. The number of hydrogen-bond acceptors (Lipinski definition) is 3. The van der Waals surface area contributed by atoms with Crippen molar-refractivity contribution in [3.8, 4) is 5.75 Å². The van der Waals surface area contributed by atoms with Crippen molar-refractivity contribution in [3.05, 3.63) is 76.7 Å². The summed E-state index contributed by atoms with van der Waals surface area (Å²) in [5.74, 6) is 0.753. The number of benzene rings is 2. The van der Waals surface area contributed by atoms with Gasteiger partial charge in [0.1, 0.15) is 5.75 Å². The van der Waals surface area contributed by atoms with Crippen molar-refractivity contribution < 1.29 is 31.1 Å². The lowest BCUT2D eigenvalue weighted by Gasteiger charge is -2.09. The third-order valence-electron chi connectivity index (χ3n) is 6.46. The van der Waals surface area contributed by atoms with Crippen LogP contribution in [0.3, 0.4) is 0 Å². The van der Waals surface area contributed by atoms with E-state index < -0.39 is 0 Å². The van der Waals surface area contributed by atoms with E-state index in [-0.39, 0.29) is 22.9 Å². The monoisotopic (exact) mass is 586 g/mol. The number of amides is 1. The summed E-state index contributed by atoms with van der Waals surface area (Å²) in [4.78, 5) is 12.7. The number of rotatable bonds is 18. The third-order valence-corrected chi connectivity index (χ3v) is 7.13. The number of aromatic nitrogens is 1. The van der Waals surface area contributed by atoms with Gasteiger partial charge in [0.15, 0.2) is 12.7 Å². The van der Waals surface area contributed by atoms with E-state index in [2.05, 4.69) is 22.3 Å². The molecule has 0 aliphatic rings. The Balaban J connectivity index is 0.00000481. The Morgan fingerprint density at radius 2 is 1.51 bits per heavy atom. The fraction of sp³-hybridized carbons (Fsp3) is 0.484. The molecule has 6 heteroatoms. The standard InChI is InChI=1S/C31H42N2O2S.BrH/c1-2-3-4-5-6-7-8-9-10-11-12-13-22-35-30-19-17-29(18-20-30)32-31(34)28-16-14-15-27(24-28)25-33-21-23-36-26-33;/h14-21,23-24,26H,2-13,22,25H2,1H3;1H. The van der Waals surface area contributed by atoms with Crippen LogP contribution >= 0.6 is 11.3 Å².